The number of hydrogen-bond donors (Lipinski definition) is 3. The first-order valence-electron chi connectivity index (χ1n) is 6.85. The Kier molecular flexibility index (Phi) is 3.84. The molecule has 116 valence electrons. The summed E-state index contributed by atoms with van der Waals surface area (Å²) in [5.41, 5.74) is 0.136. The number of methoxy groups -OCH3 is 1. The Balaban J connectivity index is 2.21. The molecule has 0 unspecified atom stereocenters. The summed E-state index contributed by atoms with van der Waals surface area (Å²) in [5.74, 6) is 0.348. The van der Waals surface area contributed by atoms with Gasteiger partial charge in [-0.1, -0.05) is 30.3 Å². The molecule has 1 aliphatic rings. The van der Waals surface area contributed by atoms with Crippen LogP contribution in [0.15, 0.2) is 45.6 Å². The lowest BCUT2D eigenvalue weighted by molar-refractivity contribution is -0.137. The Bertz CT molecular complexity index is 723. The van der Waals surface area contributed by atoms with E-state index >= 15 is 0 Å². The summed E-state index contributed by atoms with van der Waals surface area (Å²) in [6, 6.07) is 10.2. The molecular formula is C16H16O6. The summed E-state index contributed by atoms with van der Waals surface area (Å²) < 4.78 is 10.8. The zero-order valence-corrected chi connectivity index (χ0v) is 11.8. The number of aliphatic hydroxyl groups is 3. The van der Waals surface area contributed by atoms with Crippen LogP contribution in [0.3, 0.4) is 0 Å². The fraction of sp³-hybridized carbons (Fsp3) is 0.312. The quantitative estimate of drug-likeness (QED) is 0.757. The summed E-state index contributed by atoms with van der Waals surface area (Å²) in [7, 11) is 1.33. The van der Waals surface area contributed by atoms with E-state index in [1.54, 1.807) is 24.3 Å². The standard InChI is InChI=1S/C16H16O6/c1-21-16-14(20)13(19)12(18)11-9(17)7-10(22-15(11)16)8-5-3-2-4-6-8/h2-7,12-14,16,18-20H,1H3/t12-,13+,14+,16-/m0/s1. The van der Waals surface area contributed by atoms with Crippen LogP contribution in [0, 0.1) is 0 Å². The van der Waals surface area contributed by atoms with Gasteiger partial charge in [0, 0.05) is 18.7 Å². The van der Waals surface area contributed by atoms with Crippen molar-refractivity contribution in [3.63, 3.8) is 0 Å². The fourth-order valence-electron chi connectivity index (χ4n) is 2.71. The third kappa shape index (κ3) is 2.26. The predicted octanol–water partition coefficient (Wildman–Crippen LogP) is 0.763. The number of rotatable bonds is 2. The van der Waals surface area contributed by atoms with E-state index < -0.39 is 29.8 Å². The van der Waals surface area contributed by atoms with Crippen molar-refractivity contribution in [2.45, 2.75) is 24.4 Å². The van der Waals surface area contributed by atoms with E-state index in [0.717, 1.165) is 0 Å². The highest BCUT2D eigenvalue weighted by Crippen LogP contribution is 2.38. The Labute approximate surface area is 126 Å². The van der Waals surface area contributed by atoms with Crippen LogP contribution in [0.25, 0.3) is 11.3 Å². The second-order valence-corrected chi connectivity index (χ2v) is 5.20. The third-order valence-electron chi connectivity index (χ3n) is 3.86. The molecule has 0 radical (unpaired) electrons. The number of hydrogen-bond acceptors (Lipinski definition) is 6. The van der Waals surface area contributed by atoms with Gasteiger partial charge in [-0.25, -0.2) is 0 Å². The maximum atomic E-state index is 12.3. The second-order valence-electron chi connectivity index (χ2n) is 5.20. The van der Waals surface area contributed by atoms with Gasteiger partial charge in [-0.2, -0.15) is 0 Å². The van der Waals surface area contributed by atoms with Gasteiger partial charge in [0.1, 0.15) is 35.9 Å². The van der Waals surface area contributed by atoms with Crippen molar-refractivity contribution in [1.29, 1.82) is 0 Å². The third-order valence-corrected chi connectivity index (χ3v) is 3.86. The highest BCUT2D eigenvalue weighted by molar-refractivity contribution is 5.57. The molecule has 0 spiro atoms. The summed E-state index contributed by atoms with van der Waals surface area (Å²) in [4.78, 5) is 12.3. The summed E-state index contributed by atoms with van der Waals surface area (Å²) in [5, 5.41) is 29.9. The molecule has 0 aliphatic heterocycles. The predicted molar refractivity (Wildman–Crippen MR) is 77.1 cm³/mol. The van der Waals surface area contributed by atoms with Crippen molar-refractivity contribution < 1.29 is 24.5 Å². The van der Waals surface area contributed by atoms with Crippen LogP contribution in [-0.4, -0.2) is 34.6 Å². The maximum absolute atomic E-state index is 12.3. The summed E-state index contributed by atoms with van der Waals surface area (Å²) in [6.45, 7) is 0. The molecule has 2 aromatic rings. The van der Waals surface area contributed by atoms with Gasteiger partial charge in [-0.15, -0.1) is 0 Å². The van der Waals surface area contributed by atoms with E-state index in [2.05, 4.69) is 0 Å². The van der Waals surface area contributed by atoms with Crippen molar-refractivity contribution in [2.75, 3.05) is 7.11 Å². The number of ether oxygens (including phenoxy) is 1. The zero-order valence-electron chi connectivity index (χ0n) is 11.8. The van der Waals surface area contributed by atoms with E-state index in [0.29, 0.717) is 11.3 Å². The first-order chi connectivity index (χ1) is 10.5. The van der Waals surface area contributed by atoms with Gasteiger partial charge < -0.3 is 24.5 Å². The minimum absolute atomic E-state index is 0.0409. The molecular weight excluding hydrogens is 288 g/mol. The lowest BCUT2D eigenvalue weighted by Crippen LogP contribution is -2.44. The molecule has 6 heteroatoms. The van der Waals surface area contributed by atoms with Gasteiger partial charge >= 0.3 is 0 Å². The average molecular weight is 304 g/mol. The van der Waals surface area contributed by atoms with E-state index in [9.17, 15) is 20.1 Å². The molecule has 4 atom stereocenters. The first kappa shape index (κ1) is 14.9. The fourth-order valence-corrected chi connectivity index (χ4v) is 2.71. The van der Waals surface area contributed by atoms with E-state index in [1.165, 1.54) is 13.2 Å². The van der Waals surface area contributed by atoms with Crippen LogP contribution in [0.2, 0.25) is 0 Å². The van der Waals surface area contributed by atoms with Gasteiger partial charge in [0.15, 0.2) is 5.43 Å². The molecule has 1 aliphatic carbocycles. The summed E-state index contributed by atoms with van der Waals surface area (Å²) >= 11 is 0. The monoisotopic (exact) mass is 304 g/mol. The topological polar surface area (TPSA) is 100 Å². The average Bonchev–Trinajstić information content (AvgIpc) is 2.53. The van der Waals surface area contributed by atoms with Gasteiger partial charge in [-0.05, 0) is 0 Å². The first-order valence-corrected chi connectivity index (χ1v) is 6.85. The second kappa shape index (κ2) is 5.66. The molecule has 0 saturated carbocycles. The van der Waals surface area contributed by atoms with Crippen LogP contribution in [0.5, 0.6) is 0 Å². The Morgan fingerprint density at radius 1 is 1.09 bits per heavy atom. The molecule has 1 heterocycles. The van der Waals surface area contributed by atoms with Gasteiger partial charge in [0.25, 0.3) is 0 Å². The largest absolute Gasteiger partial charge is 0.458 e. The van der Waals surface area contributed by atoms with Crippen LogP contribution in [0.1, 0.15) is 23.5 Å². The minimum Gasteiger partial charge on any atom is -0.458 e. The molecule has 6 nitrogen and oxygen atoms in total. The molecule has 22 heavy (non-hydrogen) atoms. The van der Waals surface area contributed by atoms with Crippen LogP contribution in [-0.2, 0) is 4.74 Å². The Morgan fingerprint density at radius 3 is 2.41 bits per heavy atom. The minimum atomic E-state index is -1.52. The molecule has 0 fully saturated rings. The number of benzene rings is 1. The molecule has 1 aromatic heterocycles. The van der Waals surface area contributed by atoms with Crippen molar-refractivity contribution >= 4 is 0 Å². The normalized spacial score (nSPS) is 27.5. The lowest BCUT2D eigenvalue weighted by atomic mass is 9.87. The van der Waals surface area contributed by atoms with Crippen molar-refractivity contribution in [3.8, 4) is 11.3 Å². The smallest absolute Gasteiger partial charge is 0.191 e. The number of fused-ring (bicyclic) bond motifs is 1. The van der Waals surface area contributed by atoms with Crippen molar-refractivity contribution in [2.24, 2.45) is 0 Å². The molecule has 3 rings (SSSR count). The molecule has 1 aromatic carbocycles. The zero-order chi connectivity index (χ0) is 15.9. The van der Waals surface area contributed by atoms with Crippen LogP contribution >= 0.6 is 0 Å². The van der Waals surface area contributed by atoms with E-state index in [1.807, 2.05) is 6.07 Å². The van der Waals surface area contributed by atoms with E-state index in [-0.39, 0.29) is 11.3 Å². The SMILES string of the molecule is CO[C@@H]1c2oc(-c3ccccc3)cc(=O)c2[C@H](O)[C@@H](O)[C@H]1O. The highest BCUT2D eigenvalue weighted by atomic mass is 16.5. The highest BCUT2D eigenvalue weighted by Gasteiger charge is 2.44. The molecule has 0 saturated heterocycles. The number of aliphatic hydroxyl groups excluding tert-OH is 3. The molecule has 3 N–H and O–H groups in total. The van der Waals surface area contributed by atoms with Gasteiger partial charge in [-0.3, -0.25) is 4.79 Å². The van der Waals surface area contributed by atoms with Gasteiger partial charge in [0.2, 0.25) is 0 Å². The van der Waals surface area contributed by atoms with Crippen molar-refractivity contribution in [1.82, 2.24) is 0 Å². The molecule has 0 bridgehead atoms. The van der Waals surface area contributed by atoms with Crippen molar-refractivity contribution in [3.05, 3.63) is 57.9 Å². The van der Waals surface area contributed by atoms with Crippen LogP contribution in [0.4, 0.5) is 0 Å². The Morgan fingerprint density at radius 2 is 1.77 bits per heavy atom. The van der Waals surface area contributed by atoms with Gasteiger partial charge in [0.05, 0.1) is 5.56 Å². The Hall–Kier alpha value is -1.99. The lowest BCUT2D eigenvalue weighted by Gasteiger charge is -2.34. The summed E-state index contributed by atoms with van der Waals surface area (Å²) in [6.07, 6.45) is -5.44. The maximum Gasteiger partial charge on any atom is 0.191 e. The molecule has 0 amide bonds. The van der Waals surface area contributed by atoms with E-state index in [4.69, 9.17) is 9.15 Å². The van der Waals surface area contributed by atoms with Crippen LogP contribution < -0.4 is 5.43 Å².